The minimum Gasteiger partial charge on any atom is -0.444 e. The number of amides is 2. The molecule has 0 aromatic heterocycles. The van der Waals surface area contributed by atoms with Crippen molar-refractivity contribution in [2.24, 2.45) is 0 Å². The van der Waals surface area contributed by atoms with E-state index in [0.29, 0.717) is 0 Å². The number of anilines is 2. The highest BCUT2D eigenvalue weighted by molar-refractivity contribution is 7.89. The largest absolute Gasteiger partial charge is 0.444 e. The van der Waals surface area contributed by atoms with Gasteiger partial charge in [0.2, 0.25) is 10.0 Å². The van der Waals surface area contributed by atoms with E-state index >= 15 is 0 Å². The van der Waals surface area contributed by atoms with E-state index in [1.807, 2.05) is 0 Å². The highest BCUT2D eigenvalue weighted by Gasteiger charge is 2.19. The Kier molecular flexibility index (Phi) is 7.53. The molecule has 0 spiro atoms. The number of benzene rings is 2. The standard InChI is InChI=1S/C21H24FN3O5S/c1-5-11-23-31(28,29)16-8-6-7-14(12-16)19(26)24-15-9-10-17(22)18(13-15)25-20(27)30-21(2,3)4/h5-10,12-13,23H,1,11H2,2-4H3,(H,24,26)(H,25,27). The SMILES string of the molecule is C=CCNS(=O)(=O)c1cccc(C(=O)Nc2ccc(F)c(NC(=O)OC(C)(C)C)c2)c1. The Balaban J connectivity index is 2.18. The molecule has 0 heterocycles. The first kappa shape index (κ1) is 24.0. The third-order valence-corrected chi connectivity index (χ3v) is 5.11. The first-order chi connectivity index (χ1) is 14.4. The Morgan fingerprint density at radius 3 is 2.48 bits per heavy atom. The van der Waals surface area contributed by atoms with Gasteiger partial charge in [0.15, 0.2) is 0 Å². The molecule has 0 saturated carbocycles. The van der Waals surface area contributed by atoms with Crippen molar-refractivity contribution in [1.82, 2.24) is 4.72 Å². The van der Waals surface area contributed by atoms with E-state index in [2.05, 4.69) is 21.9 Å². The number of nitrogens with one attached hydrogen (secondary N) is 3. The van der Waals surface area contributed by atoms with Gasteiger partial charge in [0.25, 0.3) is 5.91 Å². The smallest absolute Gasteiger partial charge is 0.412 e. The molecule has 10 heteroatoms. The lowest BCUT2D eigenvalue weighted by Gasteiger charge is -2.20. The Labute approximate surface area is 180 Å². The van der Waals surface area contributed by atoms with Crippen LogP contribution in [0, 0.1) is 5.82 Å². The highest BCUT2D eigenvalue weighted by Crippen LogP contribution is 2.22. The summed E-state index contributed by atoms with van der Waals surface area (Å²) in [5.41, 5.74) is -0.682. The summed E-state index contributed by atoms with van der Waals surface area (Å²) in [6.07, 6.45) is 0.547. The van der Waals surface area contributed by atoms with Crippen LogP contribution >= 0.6 is 0 Å². The van der Waals surface area contributed by atoms with Gasteiger partial charge in [0.1, 0.15) is 11.4 Å². The lowest BCUT2D eigenvalue weighted by Crippen LogP contribution is -2.27. The van der Waals surface area contributed by atoms with E-state index in [1.165, 1.54) is 42.5 Å². The predicted octanol–water partition coefficient (Wildman–Crippen LogP) is 3.89. The highest BCUT2D eigenvalue weighted by atomic mass is 32.2. The maximum Gasteiger partial charge on any atom is 0.412 e. The molecule has 0 fully saturated rings. The van der Waals surface area contributed by atoms with Crippen LogP contribution in [0.5, 0.6) is 0 Å². The van der Waals surface area contributed by atoms with Crippen molar-refractivity contribution in [1.29, 1.82) is 0 Å². The van der Waals surface area contributed by atoms with E-state index in [0.717, 1.165) is 6.07 Å². The summed E-state index contributed by atoms with van der Waals surface area (Å²) < 4.78 is 45.9. The van der Waals surface area contributed by atoms with Crippen molar-refractivity contribution in [3.8, 4) is 0 Å². The van der Waals surface area contributed by atoms with E-state index in [9.17, 15) is 22.4 Å². The summed E-state index contributed by atoms with van der Waals surface area (Å²) in [5.74, 6) is -1.33. The molecule has 0 atom stereocenters. The molecule has 0 bridgehead atoms. The Bertz CT molecular complexity index is 1090. The molecular formula is C21H24FN3O5S. The summed E-state index contributed by atoms with van der Waals surface area (Å²) in [6.45, 7) is 8.49. The topological polar surface area (TPSA) is 114 Å². The Hall–Kier alpha value is -3.24. The molecule has 2 aromatic rings. The monoisotopic (exact) mass is 449 g/mol. The Morgan fingerprint density at radius 1 is 1.13 bits per heavy atom. The van der Waals surface area contributed by atoms with E-state index in [1.54, 1.807) is 20.8 Å². The van der Waals surface area contributed by atoms with Crippen LogP contribution in [0.4, 0.5) is 20.6 Å². The van der Waals surface area contributed by atoms with Crippen molar-refractivity contribution in [2.45, 2.75) is 31.3 Å². The van der Waals surface area contributed by atoms with Crippen LogP contribution in [0.15, 0.2) is 60.0 Å². The molecule has 0 radical (unpaired) electrons. The number of hydrogen-bond acceptors (Lipinski definition) is 5. The second-order valence-electron chi connectivity index (χ2n) is 7.44. The molecule has 2 amide bonds. The Morgan fingerprint density at radius 2 is 1.84 bits per heavy atom. The molecule has 0 aliphatic heterocycles. The summed E-state index contributed by atoms with van der Waals surface area (Å²) in [7, 11) is -3.80. The van der Waals surface area contributed by atoms with Gasteiger partial charge in [0.05, 0.1) is 10.6 Å². The quantitative estimate of drug-likeness (QED) is 0.555. The number of sulfonamides is 1. The fourth-order valence-corrected chi connectivity index (χ4v) is 3.42. The van der Waals surface area contributed by atoms with Crippen LogP contribution in [0.1, 0.15) is 31.1 Å². The minimum atomic E-state index is -3.80. The number of carbonyl (C=O) groups excluding carboxylic acids is 2. The van der Waals surface area contributed by atoms with Crippen LogP contribution in [-0.2, 0) is 14.8 Å². The van der Waals surface area contributed by atoms with Gasteiger partial charge in [-0.1, -0.05) is 12.1 Å². The molecule has 3 N–H and O–H groups in total. The van der Waals surface area contributed by atoms with E-state index in [-0.39, 0.29) is 28.4 Å². The molecule has 2 aromatic carbocycles. The maximum absolute atomic E-state index is 14.0. The van der Waals surface area contributed by atoms with Gasteiger partial charge in [-0.3, -0.25) is 10.1 Å². The van der Waals surface area contributed by atoms with Crippen LogP contribution in [0.25, 0.3) is 0 Å². The zero-order valence-electron chi connectivity index (χ0n) is 17.4. The lowest BCUT2D eigenvalue weighted by molar-refractivity contribution is 0.0635. The third-order valence-electron chi connectivity index (χ3n) is 3.68. The van der Waals surface area contributed by atoms with Gasteiger partial charge < -0.3 is 10.1 Å². The van der Waals surface area contributed by atoms with E-state index in [4.69, 9.17) is 4.74 Å². The van der Waals surface area contributed by atoms with E-state index < -0.39 is 33.4 Å². The van der Waals surface area contributed by atoms with Crippen molar-refractivity contribution in [3.05, 3.63) is 66.5 Å². The first-order valence-corrected chi connectivity index (χ1v) is 10.7. The van der Waals surface area contributed by atoms with Crippen molar-refractivity contribution >= 4 is 33.4 Å². The van der Waals surface area contributed by atoms with Gasteiger partial charge in [-0.25, -0.2) is 22.3 Å². The molecule has 0 aliphatic carbocycles. The van der Waals surface area contributed by atoms with Crippen LogP contribution < -0.4 is 15.4 Å². The normalized spacial score (nSPS) is 11.5. The van der Waals surface area contributed by atoms with Gasteiger partial charge in [-0.15, -0.1) is 6.58 Å². The van der Waals surface area contributed by atoms with Crippen molar-refractivity contribution in [3.63, 3.8) is 0 Å². The van der Waals surface area contributed by atoms with Gasteiger partial charge >= 0.3 is 6.09 Å². The zero-order chi connectivity index (χ0) is 23.2. The van der Waals surface area contributed by atoms with Crippen LogP contribution in [0.3, 0.4) is 0 Å². The fourth-order valence-electron chi connectivity index (χ4n) is 2.37. The molecule has 8 nitrogen and oxygen atoms in total. The average Bonchev–Trinajstić information content (AvgIpc) is 2.67. The second-order valence-corrected chi connectivity index (χ2v) is 9.21. The van der Waals surface area contributed by atoms with Crippen molar-refractivity contribution in [2.75, 3.05) is 17.2 Å². The summed E-state index contributed by atoms with van der Waals surface area (Å²) in [6, 6.07) is 9.03. The second kappa shape index (κ2) is 9.71. The summed E-state index contributed by atoms with van der Waals surface area (Å²) in [5, 5.41) is 4.83. The molecule has 0 aliphatic rings. The fraction of sp³-hybridized carbons (Fsp3) is 0.238. The summed E-state index contributed by atoms with van der Waals surface area (Å²) >= 11 is 0. The number of carbonyl (C=O) groups is 2. The van der Waals surface area contributed by atoms with Crippen molar-refractivity contribution < 1.29 is 27.1 Å². The third kappa shape index (κ3) is 7.19. The van der Waals surface area contributed by atoms with Crippen LogP contribution in [0.2, 0.25) is 0 Å². The number of hydrogen-bond donors (Lipinski definition) is 3. The number of halogens is 1. The molecule has 2 rings (SSSR count). The minimum absolute atomic E-state index is 0.0434. The maximum atomic E-state index is 14.0. The summed E-state index contributed by atoms with van der Waals surface area (Å²) in [4.78, 5) is 24.4. The van der Waals surface area contributed by atoms with Gasteiger partial charge in [-0.05, 0) is 57.2 Å². The molecule has 31 heavy (non-hydrogen) atoms. The first-order valence-electron chi connectivity index (χ1n) is 9.23. The molecule has 166 valence electrons. The molecule has 0 unspecified atom stereocenters. The van der Waals surface area contributed by atoms with Crippen LogP contribution in [-0.4, -0.2) is 32.6 Å². The molecular weight excluding hydrogens is 425 g/mol. The van der Waals surface area contributed by atoms with Gasteiger partial charge in [-0.2, -0.15) is 0 Å². The predicted molar refractivity (Wildman–Crippen MR) is 116 cm³/mol. The zero-order valence-corrected chi connectivity index (χ0v) is 18.2. The van der Waals surface area contributed by atoms with Gasteiger partial charge in [0, 0.05) is 17.8 Å². The lowest BCUT2D eigenvalue weighted by atomic mass is 10.2. The number of ether oxygens (including phenoxy) is 1. The molecule has 0 saturated heterocycles. The number of rotatable bonds is 7. The average molecular weight is 450 g/mol.